The van der Waals surface area contributed by atoms with Gasteiger partial charge in [-0.1, -0.05) is 30.3 Å². The molecule has 0 unspecified atom stereocenters. The van der Waals surface area contributed by atoms with E-state index < -0.39 is 43.9 Å². The van der Waals surface area contributed by atoms with Crippen LogP contribution in [0.15, 0.2) is 52.0 Å². The maximum absolute atomic E-state index is 14.0. The Morgan fingerprint density at radius 3 is 2.29 bits per heavy atom. The average molecular weight is 316 g/mol. The van der Waals surface area contributed by atoms with Crippen molar-refractivity contribution in [2.45, 2.75) is 11.0 Å². The molecule has 2 rings (SSSR count). The molecule has 1 aromatic heterocycles. The van der Waals surface area contributed by atoms with E-state index in [1.807, 2.05) is 0 Å². The summed E-state index contributed by atoms with van der Waals surface area (Å²) in [5, 5.41) is 7.84. The van der Waals surface area contributed by atoms with Gasteiger partial charge in [-0.25, -0.2) is 22.0 Å². The predicted molar refractivity (Wildman–Crippen MR) is 68.1 cm³/mol. The molecule has 2 aromatic rings. The summed E-state index contributed by atoms with van der Waals surface area (Å²) >= 11 is 0. The van der Waals surface area contributed by atoms with Gasteiger partial charge in [0, 0.05) is 5.56 Å². The lowest BCUT2D eigenvalue weighted by Crippen LogP contribution is -2.25. The Kier molecular flexibility index (Phi) is 3.82. The number of sulfone groups is 1. The number of aromatic carboxylic acids is 1. The Morgan fingerprint density at radius 1 is 1.14 bits per heavy atom. The number of hydrogen-bond acceptors (Lipinski definition) is 4. The molecule has 1 aromatic carbocycles. The van der Waals surface area contributed by atoms with Crippen molar-refractivity contribution < 1.29 is 31.5 Å². The maximum Gasteiger partial charge on any atom is 0.371 e. The minimum absolute atomic E-state index is 0.446. The van der Waals surface area contributed by atoms with E-state index in [0.717, 1.165) is 24.3 Å². The molecule has 0 radical (unpaired) electrons. The number of alkyl halides is 2. The van der Waals surface area contributed by atoms with Crippen molar-refractivity contribution in [1.29, 1.82) is 0 Å². The lowest BCUT2D eigenvalue weighted by atomic mass is 10.1. The number of furan rings is 1. The molecule has 0 bridgehead atoms. The van der Waals surface area contributed by atoms with Crippen LogP contribution in [0.2, 0.25) is 0 Å². The van der Waals surface area contributed by atoms with Crippen molar-refractivity contribution in [3.63, 3.8) is 0 Å². The van der Waals surface area contributed by atoms with Gasteiger partial charge in [0.1, 0.15) is 5.75 Å². The highest BCUT2D eigenvalue weighted by Gasteiger charge is 2.39. The maximum atomic E-state index is 14.0. The number of carbonyl (C=O) groups is 1. The summed E-state index contributed by atoms with van der Waals surface area (Å²) < 4.78 is 56.3. The summed E-state index contributed by atoms with van der Waals surface area (Å²) in [6.07, 6.45) is 0. The van der Waals surface area contributed by atoms with Crippen LogP contribution >= 0.6 is 0 Å². The van der Waals surface area contributed by atoms with Gasteiger partial charge in [-0.3, -0.25) is 0 Å². The molecule has 0 fully saturated rings. The molecule has 1 heterocycles. The Balaban J connectivity index is 2.30. The summed E-state index contributed by atoms with van der Waals surface area (Å²) in [5.41, 5.74) is -0.446. The van der Waals surface area contributed by atoms with Gasteiger partial charge >= 0.3 is 5.97 Å². The fraction of sp³-hybridized carbons (Fsp3) is 0.154. The molecule has 0 spiro atoms. The van der Waals surface area contributed by atoms with Crippen molar-refractivity contribution in [3.8, 4) is 0 Å². The van der Waals surface area contributed by atoms with Gasteiger partial charge < -0.3 is 9.52 Å². The minimum Gasteiger partial charge on any atom is -0.475 e. The van der Waals surface area contributed by atoms with Crippen LogP contribution in [0.5, 0.6) is 0 Å². The third kappa shape index (κ3) is 3.27. The van der Waals surface area contributed by atoms with Crippen LogP contribution in [0.25, 0.3) is 0 Å². The first-order valence-corrected chi connectivity index (χ1v) is 7.37. The summed E-state index contributed by atoms with van der Waals surface area (Å²) in [6.45, 7) is 0. The third-order valence-corrected chi connectivity index (χ3v) is 4.24. The molecule has 1 N–H and O–H groups in total. The summed E-state index contributed by atoms with van der Waals surface area (Å²) in [6, 6.07) is 8.23. The number of carboxylic acid groups (broad SMARTS) is 1. The molecule has 112 valence electrons. The fourth-order valence-electron chi connectivity index (χ4n) is 1.68. The zero-order valence-electron chi connectivity index (χ0n) is 10.5. The van der Waals surface area contributed by atoms with Crippen LogP contribution in [-0.4, -0.2) is 25.2 Å². The van der Waals surface area contributed by atoms with E-state index in [0.29, 0.717) is 0 Å². The molecular formula is C13H10F2O5S. The summed E-state index contributed by atoms with van der Waals surface area (Å²) in [7, 11) is -4.46. The highest BCUT2D eigenvalue weighted by molar-refractivity contribution is 7.91. The van der Waals surface area contributed by atoms with Gasteiger partial charge in [0.15, 0.2) is 0 Å². The lowest BCUT2D eigenvalue weighted by Gasteiger charge is -2.15. The zero-order chi connectivity index (χ0) is 15.7. The van der Waals surface area contributed by atoms with Gasteiger partial charge in [0.25, 0.3) is 5.92 Å². The van der Waals surface area contributed by atoms with E-state index in [-0.39, 0.29) is 0 Å². The first-order chi connectivity index (χ1) is 9.72. The van der Waals surface area contributed by atoms with E-state index in [2.05, 4.69) is 4.42 Å². The second-order valence-electron chi connectivity index (χ2n) is 4.25. The first kappa shape index (κ1) is 15.2. The molecule has 0 aliphatic rings. The van der Waals surface area contributed by atoms with Crippen molar-refractivity contribution in [1.82, 2.24) is 0 Å². The average Bonchev–Trinajstić information content (AvgIpc) is 2.89. The lowest BCUT2D eigenvalue weighted by molar-refractivity contribution is 0.0210. The quantitative estimate of drug-likeness (QED) is 0.916. The summed E-state index contributed by atoms with van der Waals surface area (Å²) in [4.78, 5) is 10.6. The largest absolute Gasteiger partial charge is 0.475 e. The number of benzene rings is 1. The molecular weight excluding hydrogens is 306 g/mol. The van der Waals surface area contributed by atoms with E-state index in [4.69, 9.17) is 5.11 Å². The monoisotopic (exact) mass is 316 g/mol. The van der Waals surface area contributed by atoms with E-state index in [1.165, 1.54) is 18.2 Å². The standard InChI is InChI=1S/C13H10F2O5S/c14-13(15,9-4-2-1-3-5-9)8-21(18,19)11-7-6-10(20-11)12(16)17/h1-7H,8H2,(H,16,17). The fourth-order valence-corrected chi connectivity index (χ4v) is 2.96. The Hall–Kier alpha value is -2.22. The normalized spacial score (nSPS) is 12.3. The second-order valence-corrected chi connectivity index (χ2v) is 6.17. The topological polar surface area (TPSA) is 84.6 Å². The predicted octanol–water partition coefficient (Wildman–Crippen LogP) is 2.54. The first-order valence-electron chi connectivity index (χ1n) is 5.71. The Labute approximate surface area is 118 Å². The number of halogens is 2. The molecule has 0 aliphatic heterocycles. The van der Waals surface area contributed by atoms with Crippen molar-refractivity contribution in [3.05, 3.63) is 53.8 Å². The number of hydrogen-bond donors (Lipinski definition) is 1. The number of carboxylic acids is 1. The third-order valence-electron chi connectivity index (χ3n) is 2.67. The molecule has 0 aliphatic carbocycles. The van der Waals surface area contributed by atoms with Gasteiger partial charge in [-0.05, 0) is 12.1 Å². The van der Waals surface area contributed by atoms with Gasteiger partial charge in [0.05, 0.1) is 0 Å². The van der Waals surface area contributed by atoms with E-state index in [9.17, 15) is 22.0 Å². The van der Waals surface area contributed by atoms with E-state index >= 15 is 0 Å². The Morgan fingerprint density at radius 2 is 1.76 bits per heavy atom. The highest BCUT2D eigenvalue weighted by atomic mass is 32.2. The molecule has 0 saturated heterocycles. The molecule has 21 heavy (non-hydrogen) atoms. The van der Waals surface area contributed by atoms with E-state index in [1.54, 1.807) is 0 Å². The summed E-state index contributed by atoms with van der Waals surface area (Å²) in [5.74, 6) is -7.23. The van der Waals surface area contributed by atoms with Crippen LogP contribution in [0.3, 0.4) is 0 Å². The van der Waals surface area contributed by atoms with Crippen LogP contribution in [0.1, 0.15) is 16.1 Å². The second kappa shape index (κ2) is 5.28. The SMILES string of the molecule is O=C(O)c1ccc(S(=O)(=O)CC(F)(F)c2ccccc2)o1. The van der Waals surface area contributed by atoms with Crippen LogP contribution in [0, 0.1) is 0 Å². The van der Waals surface area contributed by atoms with Gasteiger partial charge in [-0.2, -0.15) is 0 Å². The Bertz CT molecular complexity index is 750. The molecule has 8 heteroatoms. The molecule has 5 nitrogen and oxygen atoms in total. The van der Waals surface area contributed by atoms with Crippen LogP contribution in [-0.2, 0) is 15.8 Å². The zero-order valence-corrected chi connectivity index (χ0v) is 11.3. The molecule has 0 saturated carbocycles. The van der Waals surface area contributed by atoms with Crippen LogP contribution in [0.4, 0.5) is 8.78 Å². The van der Waals surface area contributed by atoms with Crippen molar-refractivity contribution in [2.24, 2.45) is 0 Å². The molecule has 0 atom stereocenters. The smallest absolute Gasteiger partial charge is 0.371 e. The van der Waals surface area contributed by atoms with Crippen molar-refractivity contribution >= 4 is 15.8 Å². The minimum atomic E-state index is -4.46. The molecule has 0 amide bonds. The van der Waals surface area contributed by atoms with Gasteiger partial charge in [0.2, 0.25) is 20.7 Å². The van der Waals surface area contributed by atoms with Gasteiger partial charge in [-0.15, -0.1) is 0 Å². The highest BCUT2D eigenvalue weighted by Crippen LogP contribution is 2.31. The number of rotatable bonds is 5. The van der Waals surface area contributed by atoms with Crippen LogP contribution < -0.4 is 0 Å². The van der Waals surface area contributed by atoms with Crippen molar-refractivity contribution in [2.75, 3.05) is 5.75 Å².